The molecule has 0 atom stereocenters. The Morgan fingerprint density at radius 3 is 2.44 bits per heavy atom. The van der Waals surface area contributed by atoms with Gasteiger partial charge in [0.15, 0.2) is 0 Å². The standard InChI is InChI=1S/C24H22N2O7S/c1-31-19-8-5-17-12-18(23(27)25-22(17)13-19)14-26(15-20-4-3-11-33-20)34(29,30)21-9-6-16(7-10-21)24(28)32-2/h3-13H,14-15H2,1-2H3,(H,25,27). The first-order valence-electron chi connectivity index (χ1n) is 10.2. The van der Waals surface area contributed by atoms with Gasteiger partial charge in [-0.3, -0.25) is 4.79 Å². The maximum Gasteiger partial charge on any atom is 0.337 e. The van der Waals surface area contributed by atoms with Gasteiger partial charge in [0.25, 0.3) is 5.56 Å². The highest BCUT2D eigenvalue weighted by Gasteiger charge is 2.27. The van der Waals surface area contributed by atoms with E-state index in [0.29, 0.717) is 17.0 Å². The molecule has 0 aliphatic rings. The summed E-state index contributed by atoms with van der Waals surface area (Å²) in [7, 11) is -1.28. The van der Waals surface area contributed by atoms with E-state index < -0.39 is 21.6 Å². The molecule has 0 unspecified atom stereocenters. The van der Waals surface area contributed by atoms with Crippen LogP contribution >= 0.6 is 0 Å². The lowest BCUT2D eigenvalue weighted by atomic mass is 10.1. The number of hydrogen-bond donors (Lipinski definition) is 1. The Labute approximate surface area is 195 Å². The summed E-state index contributed by atoms with van der Waals surface area (Å²) in [4.78, 5) is 27.2. The number of aromatic amines is 1. The second kappa shape index (κ2) is 9.54. The van der Waals surface area contributed by atoms with E-state index in [4.69, 9.17) is 9.15 Å². The van der Waals surface area contributed by atoms with Crippen molar-refractivity contribution >= 4 is 26.9 Å². The van der Waals surface area contributed by atoms with Crippen molar-refractivity contribution < 1.29 is 27.1 Å². The molecule has 2 aromatic carbocycles. The molecule has 0 aliphatic carbocycles. The zero-order valence-corrected chi connectivity index (χ0v) is 19.3. The Morgan fingerprint density at radius 2 is 1.79 bits per heavy atom. The van der Waals surface area contributed by atoms with Crippen LogP contribution in [0.2, 0.25) is 0 Å². The molecule has 4 rings (SSSR count). The molecule has 0 saturated carbocycles. The molecule has 176 valence electrons. The number of aromatic nitrogens is 1. The molecule has 0 aliphatic heterocycles. The van der Waals surface area contributed by atoms with Crippen LogP contribution in [-0.2, 0) is 27.8 Å². The van der Waals surface area contributed by atoms with Crippen LogP contribution in [0.5, 0.6) is 5.75 Å². The highest BCUT2D eigenvalue weighted by atomic mass is 32.2. The summed E-state index contributed by atoms with van der Waals surface area (Å²) < 4.78 is 43.4. The van der Waals surface area contributed by atoms with Gasteiger partial charge in [-0.05, 0) is 60.0 Å². The summed E-state index contributed by atoms with van der Waals surface area (Å²) in [5.41, 5.74) is 0.646. The van der Waals surface area contributed by atoms with Gasteiger partial charge < -0.3 is 18.9 Å². The highest BCUT2D eigenvalue weighted by molar-refractivity contribution is 7.89. The highest BCUT2D eigenvalue weighted by Crippen LogP contribution is 2.23. The summed E-state index contributed by atoms with van der Waals surface area (Å²) in [5, 5.41) is 0.730. The number of nitrogens with one attached hydrogen (secondary N) is 1. The van der Waals surface area contributed by atoms with Crippen LogP contribution in [0.1, 0.15) is 21.7 Å². The van der Waals surface area contributed by atoms with Crippen molar-refractivity contribution in [3.8, 4) is 5.75 Å². The van der Waals surface area contributed by atoms with Gasteiger partial charge in [-0.1, -0.05) is 0 Å². The van der Waals surface area contributed by atoms with Crippen molar-refractivity contribution in [2.75, 3.05) is 14.2 Å². The molecule has 34 heavy (non-hydrogen) atoms. The molecule has 10 heteroatoms. The quantitative estimate of drug-likeness (QED) is 0.383. The Bertz CT molecular complexity index is 1470. The third kappa shape index (κ3) is 4.73. The predicted octanol–water partition coefficient (Wildman–Crippen LogP) is 3.31. The fraction of sp³-hybridized carbons (Fsp3) is 0.167. The van der Waals surface area contributed by atoms with E-state index >= 15 is 0 Å². The van der Waals surface area contributed by atoms with Gasteiger partial charge in [-0.25, -0.2) is 13.2 Å². The first-order valence-corrected chi connectivity index (χ1v) is 11.7. The largest absolute Gasteiger partial charge is 0.497 e. The second-order valence-electron chi connectivity index (χ2n) is 7.45. The summed E-state index contributed by atoms with van der Waals surface area (Å²) in [6.45, 7) is -0.284. The topological polar surface area (TPSA) is 119 Å². The molecule has 0 bridgehead atoms. The van der Waals surface area contributed by atoms with Crippen LogP contribution in [0.15, 0.2) is 81.0 Å². The van der Waals surface area contributed by atoms with Crippen LogP contribution < -0.4 is 10.3 Å². The molecule has 1 N–H and O–H groups in total. The fourth-order valence-electron chi connectivity index (χ4n) is 3.49. The number of sulfonamides is 1. The number of methoxy groups -OCH3 is 2. The van der Waals surface area contributed by atoms with Crippen molar-refractivity contribution in [1.29, 1.82) is 0 Å². The van der Waals surface area contributed by atoms with Gasteiger partial charge in [-0.2, -0.15) is 4.31 Å². The molecular formula is C24H22N2O7S. The van der Waals surface area contributed by atoms with Crippen molar-refractivity contribution in [3.05, 3.63) is 94.2 Å². The molecule has 2 heterocycles. The number of rotatable bonds is 8. The number of carbonyl (C=O) groups is 1. The second-order valence-corrected chi connectivity index (χ2v) is 9.38. The monoisotopic (exact) mass is 482 g/mol. The summed E-state index contributed by atoms with van der Waals surface area (Å²) in [6, 6.07) is 15.6. The number of pyridine rings is 1. The lowest BCUT2D eigenvalue weighted by Crippen LogP contribution is -2.32. The number of hydrogen-bond acceptors (Lipinski definition) is 7. The van der Waals surface area contributed by atoms with Crippen LogP contribution in [0.4, 0.5) is 0 Å². The van der Waals surface area contributed by atoms with E-state index in [1.165, 1.54) is 44.7 Å². The first kappa shape index (κ1) is 23.3. The fourth-order valence-corrected chi connectivity index (χ4v) is 4.88. The molecule has 0 fully saturated rings. The molecule has 0 radical (unpaired) electrons. The van der Waals surface area contributed by atoms with Crippen LogP contribution in [-0.4, -0.2) is 37.9 Å². The van der Waals surface area contributed by atoms with Gasteiger partial charge in [-0.15, -0.1) is 0 Å². The van der Waals surface area contributed by atoms with Gasteiger partial charge in [0.1, 0.15) is 11.5 Å². The van der Waals surface area contributed by atoms with E-state index in [1.807, 2.05) is 0 Å². The number of esters is 1. The minimum atomic E-state index is -4.06. The molecule has 9 nitrogen and oxygen atoms in total. The van der Waals surface area contributed by atoms with E-state index in [1.54, 1.807) is 36.4 Å². The van der Waals surface area contributed by atoms with Gasteiger partial charge in [0.05, 0.1) is 43.0 Å². The van der Waals surface area contributed by atoms with Crippen molar-refractivity contribution in [2.24, 2.45) is 0 Å². The average Bonchev–Trinajstić information content (AvgIpc) is 3.36. The van der Waals surface area contributed by atoms with E-state index in [-0.39, 0.29) is 29.1 Å². The van der Waals surface area contributed by atoms with E-state index in [0.717, 1.165) is 9.69 Å². The number of H-pyrrole nitrogens is 1. The van der Waals surface area contributed by atoms with Gasteiger partial charge in [0.2, 0.25) is 10.0 Å². The van der Waals surface area contributed by atoms with E-state index in [9.17, 15) is 18.0 Å². The molecular weight excluding hydrogens is 460 g/mol. The lowest BCUT2D eigenvalue weighted by Gasteiger charge is -2.21. The maximum absolute atomic E-state index is 13.5. The molecule has 0 amide bonds. The van der Waals surface area contributed by atoms with Crippen molar-refractivity contribution in [1.82, 2.24) is 9.29 Å². The number of carbonyl (C=O) groups excluding carboxylic acids is 1. The Morgan fingerprint density at radius 1 is 1.03 bits per heavy atom. The van der Waals surface area contributed by atoms with Gasteiger partial charge >= 0.3 is 5.97 Å². The number of ether oxygens (including phenoxy) is 2. The number of benzene rings is 2. The van der Waals surface area contributed by atoms with Gasteiger partial charge in [0, 0.05) is 18.2 Å². The van der Waals surface area contributed by atoms with Crippen LogP contribution in [0.25, 0.3) is 10.9 Å². The average molecular weight is 483 g/mol. The van der Waals surface area contributed by atoms with Crippen LogP contribution in [0.3, 0.4) is 0 Å². The maximum atomic E-state index is 13.5. The number of fused-ring (bicyclic) bond motifs is 1. The summed E-state index contributed by atoms with van der Waals surface area (Å²) in [6.07, 6.45) is 1.45. The Balaban J connectivity index is 1.72. The SMILES string of the molecule is COC(=O)c1ccc(S(=O)(=O)N(Cc2ccco2)Cc2cc3ccc(OC)cc3[nH]c2=O)cc1. The third-order valence-electron chi connectivity index (χ3n) is 5.30. The van der Waals surface area contributed by atoms with E-state index in [2.05, 4.69) is 9.72 Å². The molecule has 0 saturated heterocycles. The minimum Gasteiger partial charge on any atom is -0.497 e. The zero-order valence-electron chi connectivity index (χ0n) is 18.5. The first-order chi connectivity index (χ1) is 16.3. The molecule has 2 aromatic heterocycles. The third-order valence-corrected chi connectivity index (χ3v) is 7.11. The Kier molecular flexibility index (Phi) is 6.53. The Hall–Kier alpha value is -3.89. The summed E-state index contributed by atoms with van der Waals surface area (Å²) >= 11 is 0. The van der Waals surface area contributed by atoms with Crippen molar-refractivity contribution in [3.63, 3.8) is 0 Å². The predicted molar refractivity (Wildman–Crippen MR) is 124 cm³/mol. The molecule has 4 aromatic rings. The lowest BCUT2D eigenvalue weighted by molar-refractivity contribution is 0.0600. The zero-order chi connectivity index (χ0) is 24.3. The minimum absolute atomic E-state index is 0.0336. The summed E-state index contributed by atoms with van der Waals surface area (Å²) in [5.74, 6) is 0.431. The smallest absolute Gasteiger partial charge is 0.337 e. The number of nitrogens with zero attached hydrogens (tertiary/aromatic N) is 1. The molecule has 0 spiro atoms. The van der Waals surface area contributed by atoms with Crippen LogP contribution in [0, 0.1) is 0 Å². The van der Waals surface area contributed by atoms with Crippen molar-refractivity contribution in [2.45, 2.75) is 18.0 Å². The number of furan rings is 1. The normalized spacial score (nSPS) is 11.6.